The number of hydrogen-bond acceptors (Lipinski definition) is 2. The second-order valence-electron chi connectivity index (χ2n) is 4.24. The number of nitrogens with one attached hydrogen (secondary N) is 1. The van der Waals surface area contributed by atoms with Gasteiger partial charge >= 0.3 is 0 Å². The molecule has 0 unspecified atom stereocenters. The third-order valence-corrected chi connectivity index (χ3v) is 3.68. The number of carbonyl (C=O) groups is 1. The Kier molecular flexibility index (Phi) is 4.39. The lowest BCUT2D eigenvalue weighted by atomic mass is 10.1. The van der Waals surface area contributed by atoms with Crippen molar-refractivity contribution in [3.05, 3.63) is 57.8 Å². The molecular weight excluding hydrogens is 325 g/mol. The second-order valence-corrected chi connectivity index (χ2v) is 5.03. The van der Waals surface area contributed by atoms with E-state index in [1.165, 1.54) is 12.1 Å². The van der Waals surface area contributed by atoms with Gasteiger partial charge in [0.1, 0.15) is 11.6 Å². The minimum Gasteiger partial charge on any atom is -0.497 e. The van der Waals surface area contributed by atoms with Gasteiger partial charge in [0.05, 0.1) is 17.1 Å². The standard InChI is InChI=1S/C15H13BrFNO2/c1-9-8-10(20-2)6-7-13(9)18-15(19)11-4-3-5-12(17)14(11)16/h3-8H,1-2H3,(H,18,19). The first-order valence-electron chi connectivity index (χ1n) is 5.93. The summed E-state index contributed by atoms with van der Waals surface area (Å²) >= 11 is 3.08. The van der Waals surface area contributed by atoms with Crippen LogP contribution in [-0.2, 0) is 0 Å². The number of methoxy groups -OCH3 is 1. The summed E-state index contributed by atoms with van der Waals surface area (Å²) in [5, 5.41) is 2.75. The van der Waals surface area contributed by atoms with Gasteiger partial charge in [-0.05, 0) is 58.7 Å². The molecule has 0 bridgehead atoms. The first kappa shape index (κ1) is 14.5. The molecule has 2 aromatic rings. The molecule has 1 N–H and O–H groups in total. The summed E-state index contributed by atoms with van der Waals surface area (Å²) in [7, 11) is 1.58. The summed E-state index contributed by atoms with van der Waals surface area (Å²) in [6, 6.07) is 9.66. The normalized spacial score (nSPS) is 10.2. The first-order chi connectivity index (χ1) is 9.52. The Hall–Kier alpha value is -1.88. The largest absolute Gasteiger partial charge is 0.497 e. The number of hydrogen-bond donors (Lipinski definition) is 1. The zero-order valence-corrected chi connectivity index (χ0v) is 12.6. The monoisotopic (exact) mass is 337 g/mol. The van der Waals surface area contributed by atoms with Crippen LogP contribution in [-0.4, -0.2) is 13.0 Å². The maximum Gasteiger partial charge on any atom is 0.256 e. The Bertz CT molecular complexity index is 658. The second kappa shape index (κ2) is 6.05. The van der Waals surface area contributed by atoms with Crippen LogP contribution >= 0.6 is 15.9 Å². The highest BCUT2D eigenvalue weighted by atomic mass is 79.9. The van der Waals surface area contributed by atoms with E-state index in [9.17, 15) is 9.18 Å². The van der Waals surface area contributed by atoms with Gasteiger partial charge in [0.25, 0.3) is 5.91 Å². The van der Waals surface area contributed by atoms with Gasteiger partial charge in [-0.1, -0.05) is 6.07 Å². The van der Waals surface area contributed by atoms with Crippen LogP contribution in [0.2, 0.25) is 0 Å². The summed E-state index contributed by atoms with van der Waals surface area (Å²) in [5.41, 5.74) is 1.78. The van der Waals surface area contributed by atoms with Crippen LogP contribution in [0, 0.1) is 12.7 Å². The summed E-state index contributed by atoms with van der Waals surface area (Å²) in [6.07, 6.45) is 0. The molecular formula is C15H13BrFNO2. The van der Waals surface area contributed by atoms with E-state index in [0.29, 0.717) is 11.4 Å². The van der Waals surface area contributed by atoms with Gasteiger partial charge in [-0.2, -0.15) is 0 Å². The molecule has 0 saturated heterocycles. The minimum atomic E-state index is -0.468. The molecule has 0 heterocycles. The first-order valence-corrected chi connectivity index (χ1v) is 6.72. The highest BCUT2D eigenvalue weighted by molar-refractivity contribution is 9.10. The van der Waals surface area contributed by atoms with Gasteiger partial charge in [-0.15, -0.1) is 0 Å². The zero-order valence-electron chi connectivity index (χ0n) is 11.0. The predicted octanol–water partition coefficient (Wildman–Crippen LogP) is 4.16. The van der Waals surface area contributed by atoms with Crippen LogP contribution < -0.4 is 10.1 Å². The van der Waals surface area contributed by atoms with E-state index in [1.54, 1.807) is 25.3 Å². The van der Waals surface area contributed by atoms with Crippen molar-refractivity contribution in [2.75, 3.05) is 12.4 Å². The lowest BCUT2D eigenvalue weighted by Crippen LogP contribution is -2.13. The molecule has 20 heavy (non-hydrogen) atoms. The quantitative estimate of drug-likeness (QED) is 0.913. The molecule has 0 aromatic heterocycles. The van der Waals surface area contributed by atoms with Crippen LogP contribution in [0.3, 0.4) is 0 Å². The topological polar surface area (TPSA) is 38.3 Å². The number of ether oxygens (including phenoxy) is 1. The molecule has 0 atom stereocenters. The Morgan fingerprint density at radius 1 is 1.30 bits per heavy atom. The van der Waals surface area contributed by atoms with Crippen molar-refractivity contribution in [2.24, 2.45) is 0 Å². The fourth-order valence-electron chi connectivity index (χ4n) is 1.77. The Labute approximate surface area is 124 Å². The number of carbonyl (C=O) groups excluding carboxylic acids is 1. The smallest absolute Gasteiger partial charge is 0.256 e. The Morgan fingerprint density at radius 3 is 2.70 bits per heavy atom. The maximum absolute atomic E-state index is 13.4. The third-order valence-electron chi connectivity index (χ3n) is 2.88. The number of amides is 1. The number of benzene rings is 2. The minimum absolute atomic E-state index is 0.156. The summed E-state index contributed by atoms with van der Waals surface area (Å²) in [6.45, 7) is 1.86. The van der Waals surface area contributed by atoms with Crippen LogP contribution in [0.5, 0.6) is 5.75 Å². The van der Waals surface area contributed by atoms with Gasteiger partial charge in [0, 0.05) is 5.69 Å². The summed E-state index contributed by atoms with van der Waals surface area (Å²) in [4.78, 5) is 12.2. The van der Waals surface area contributed by atoms with Crippen molar-refractivity contribution in [2.45, 2.75) is 6.92 Å². The Balaban J connectivity index is 2.26. The molecule has 0 fully saturated rings. The number of aryl methyl sites for hydroxylation is 1. The van der Waals surface area contributed by atoms with E-state index in [2.05, 4.69) is 21.2 Å². The predicted molar refractivity (Wildman–Crippen MR) is 79.8 cm³/mol. The highest BCUT2D eigenvalue weighted by Crippen LogP contribution is 2.24. The van der Waals surface area contributed by atoms with Crippen LogP contribution in [0.4, 0.5) is 10.1 Å². The fourth-order valence-corrected chi connectivity index (χ4v) is 2.22. The van der Waals surface area contributed by atoms with E-state index in [-0.39, 0.29) is 15.9 Å². The van der Waals surface area contributed by atoms with Gasteiger partial charge in [0.2, 0.25) is 0 Å². The van der Waals surface area contributed by atoms with Gasteiger partial charge in [-0.3, -0.25) is 4.79 Å². The lowest BCUT2D eigenvalue weighted by molar-refractivity contribution is 0.102. The van der Waals surface area contributed by atoms with Crippen LogP contribution in [0.25, 0.3) is 0 Å². The summed E-state index contributed by atoms with van der Waals surface area (Å²) < 4.78 is 18.7. The fraction of sp³-hybridized carbons (Fsp3) is 0.133. The van der Waals surface area contributed by atoms with Crippen molar-refractivity contribution >= 4 is 27.5 Å². The van der Waals surface area contributed by atoms with Crippen molar-refractivity contribution in [3.8, 4) is 5.75 Å². The molecule has 0 aliphatic carbocycles. The molecule has 2 rings (SSSR count). The lowest BCUT2D eigenvalue weighted by Gasteiger charge is -2.11. The van der Waals surface area contributed by atoms with Gasteiger partial charge in [0.15, 0.2) is 0 Å². The van der Waals surface area contributed by atoms with Crippen LogP contribution in [0.1, 0.15) is 15.9 Å². The molecule has 0 aliphatic heterocycles. The van der Waals surface area contributed by atoms with E-state index >= 15 is 0 Å². The third kappa shape index (κ3) is 2.99. The molecule has 1 amide bonds. The molecule has 0 aliphatic rings. The highest BCUT2D eigenvalue weighted by Gasteiger charge is 2.14. The average molecular weight is 338 g/mol. The van der Waals surface area contributed by atoms with E-state index < -0.39 is 5.82 Å². The molecule has 5 heteroatoms. The number of rotatable bonds is 3. The maximum atomic E-state index is 13.4. The van der Waals surface area contributed by atoms with Crippen LogP contribution in [0.15, 0.2) is 40.9 Å². The summed E-state index contributed by atoms with van der Waals surface area (Å²) in [5.74, 6) is -0.124. The van der Waals surface area contributed by atoms with Crippen molar-refractivity contribution in [1.29, 1.82) is 0 Å². The van der Waals surface area contributed by atoms with Gasteiger partial charge < -0.3 is 10.1 Å². The van der Waals surface area contributed by atoms with Crippen molar-refractivity contribution in [1.82, 2.24) is 0 Å². The molecule has 0 radical (unpaired) electrons. The van der Waals surface area contributed by atoms with Crippen molar-refractivity contribution < 1.29 is 13.9 Å². The Morgan fingerprint density at radius 2 is 2.05 bits per heavy atom. The number of halogens is 2. The van der Waals surface area contributed by atoms with Crippen molar-refractivity contribution in [3.63, 3.8) is 0 Å². The number of anilines is 1. The van der Waals surface area contributed by atoms with E-state index in [0.717, 1.165) is 5.56 Å². The average Bonchev–Trinajstić information content (AvgIpc) is 2.44. The SMILES string of the molecule is COc1ccc(NC(=O)c2cccc(F)c2Br)c(C)c1. The van der Waals surface area contributed by atoms with E-state index in [4.69, 9.17) is 4.74 Å². The van der Waals surface area contributed by atoms with E-state index in [1.807, 2.05) is 13.0 Å². The molecule has 104 valence electrons. The van der Waals surface area contributed by atoms with Gasteiger partial charge in [-0.25, -0.2) is 4.39 Å². The molecule has 3 nitrogen and oxygen atoms in total. The molecule has 0 saturated carbocycles. The molecule has 0 spiro atoms. The zero-order chi connectivity index (χ0) is 14.7. The molecule has 2 aromatic carbocycles.